The Labute approximate surface area is 204 Å². The van der Waals surface area contributed by atoms with E-state index in [2.05, 4.69) is 34.9 Å². The number of anilines is 1. The number of aryl methyl sites for hydroxylation is 1. The fourth-order valence-electron chi connectivity index (χ4n) is 4.40. The molecule has 35 heavy (non-hydrogen) atoms. The molecule has 0 fully saturated rings. The average Bonchev–Trinajstić information content (AvgIpc) is 3.17. The van der Waals surface area contributed by atoms with Gasteiger partial charge in [-0.3, -0.25) is 14.9 Å². The summed E-state index contributed by atoms with van der Waals surface area (Å²) in [5, 5.41) is 14.2. The van der Waals surface area contributed by atoms with Gasteiger partial charge in [0, 0.05) is 18.9 Å². The Balaban J connectivity index is 1.39. The van der Waals surface area contributed by atoms with Gasteiger partial charge in [0.15, 0.2) is 0 Å². The Hall–Kier alpha value is -4.13. The first-order chi connectivity index (χ1) is 16.9. The minimum atomic E-state index is -0.857. The maximum atomic E-state index is 12.7. The molecule has 0 aliphatic heterocycles. The summed E-state index contributed by atoms with van der Waals surface area (Å²) in [5.74, 6) is -1.25. The average molecular weight is 473 g/mol. The van der Waals surface area contributed by atoms with E-state index in [9.17, 15) is 14.4 Å². The van der Waals surface area contributed by atoms with Gasteiger partial charge in [-0.1, -0.05) is 60.2 Å². The minimum absolute atomic E-state index is 0.0558. The molecule has 0 radical (unpaired) electrons. The molecule has 4 rings (SSSR count). The quantitative estimate of drug-likeness (QED) is 0.365. The van der Waals surface area contributed by atoms with Gasteiger partial charge in [0.2, 0.25) is 0 Å². The van der Waals surface area contributed by atoms with Crippen molar-refractivity contribution in [1.29, 1.82) is 0 Å². The van der Waals surface area contributed by atoms with E-state index in [1.54, 1.807) is 12.1 Å². The minimum Gasteiger partial charge on any atom is -0.481 e. The van der Waals surface area contributed by atoms with Crippen molar-refractivity contribution >= 4 is 23.7 Å². The highest BCUT2D eigenvalue weighted by molar-refractivity contribution is 6.02. The van der Waals surface area contributed by atoms with E-state index in [0.717, 1.165) is 27.8 Å². The molecule has 3 N–H and O–H groups in total. The highest BCUT2D eigenvalue weighted by Crippen LogP contribution is 2.44. The van der Waals surface area contributed by atoms with Gasteiger partial charge in [-0.25, -0.2) is 4.79 Å². The molecule has 2 amide bonds. The molecule has 1 aliphatic carbocycles. The number of ether oxygens (including phenoxy) is 1. The summed E-state index contributed by atoms with van der Waals surface area (Å²) in [6.07, 6.45) is 0.466. The van der Waals surface area contributed by atoms with Crippen molar-refractivity contribution in [3.63, 3.8) is 0 Å². The SMILES string of the molecule is Cc1ccc(NC(=O)OCC2c3ccccc3-c3ccccc32)c(C(=O)NCCCCC(=O)O)c1. The fraction of sp³-hybridized carbons (Fsp3) is 0.250. The number of carbonyl (C=O) groups is 3. The van der Waals surface area contributed by atoms with Gasteiger partial charge in [0.1, 0.15) is 6.61 Å². The van der Waals surface area contributed by atoms with Crippen molar-refractivity contribution in [1.82, 2.24) is 5.32 Å². The zero-order valence-electron chi connectivity index (χ0n) is 19.5. The first-order valence-corrected chi connectivity index (χ1v) is 11.7. The first-order valence-electron chi connectivity index (χ1n) is 11.7. The molecule has 0 unspecified atom stereocenters. The summed E-state index contributed by atoms with van der Waals surface area (Å²) in [7, 11) is 0. The largest absolute Gasteiger partial charge is 0.481 e. The third kappa shape index (κ3) is 5.69. The number of amides is 2. The van der Waals surface area contributed by atoms with E-state index in [-0.39, 0.29) is 24.9 Å². The molecular weight excluding hydrogens is 444 g/mol. The van der Waals surface area contributed by atoms with Crippen molar-refractivity contribution < 1.29 is 24.2 Å². The van der Waals surface area contributed by atoms with Crippen LogP contribution in [0.5, 0.6) is 0 Å². The maximum Gasteiger partial charge on any atom is 0.411 e. The molecule has 0 aromatic heterocycles. The number of rotatable bonds is 9. The summed E-state index contributed by atoms with van der Waals surface area (Å²) >= 11 is 0. The van der Waals surface area contributed by atoms with Gasteiger partial charge in [-0.05, 0) is 54.2 Å². The molecule has 3 aromatic carbocycles. The topological polar surface area (TPSA) is 105 Å². The lowest BCUT2D eigenvalue weighted by atomic mass is 9.98. The van der Waals surface area contributed by atoms with Gasteiger partial charge >= 0.3 is 12.1 Å². The van der Waals surface area contributed by atoms with Crippen LogP contribution in [0.3, 0.4) is 0 Å². The molecule has 0 bridgehead atoms. The van der Waals surface area contributed by atoms with Crippen LogP contribution in [0.1, 0.15) is 52.2 Å². The second kappa shape index (κ2) is 10.9. The van der Waals surface area contributed by atoms with Crippen LogP contribution in [0.25, 0.3) is 11.1 Å². The Kier molecular flexibility index (Phi) is 7.45. The number of fused-ring (bicyclic) bond motifs is 3. The van der Waals surface area contributed by atoms with Crippen LogP contribution >= 0.6 is 0 Å². The molecule has 7 heteroatoms. The van der Waals surface area contributed by atoms with Gasteiger partial charge in [0.25, 0.3) is 5.91 Å². The zero-order chi connectivity index (χ0) is 24.8. The summed E-state index contributed by atoms with van der Waals surface area (Å²) in [4.78, 5) is 36.0. The number of hydrogen-bond acceptors (Lipinski definition) is 4. The molecular formula is C28H28N2O5. The molecule has 0 spiro atoms. The number of benzene rings is 3. The number of hydrogen-bond donors (Lipinski definition) is 3. The zero-order valence-corrected chi connectivity index (χ0v) is 19.5. The lowest BCUT2D eigenvalue weighted by Gasteiger charge is -2.16. The summed E-state index contributed by atoms with van der Waals surface area (Å²) in [5.41, 5.74) is 6.11. The van der Waals surface area contributed by atoms with Gasteiger partial charge < -0.3 is 15.2 Å². The summed E-state index contributed by atoms with van der Waals surface area (Å²) in [6.45, 7) is 2.39. The Morgan fingerprint density at radius 1 is 0.914 bits per heavy atom. The third-order valence-corrected chi connectivity index (χ3v) is 6.10. The van der Waals surface area contributed by atoms with Crippen LogP contribution < -0.4 is 10.6 Å². The maximum absolute atomic E-state index is 12.7. The normalized spacial score (nSPS) is 11.9. The molecule has 180 valence electrons. The second-order valence-electron chi connectivity index (χ2n) is 8.61. The smallest absolute Gasteiger partial charge is 0.411 e. The first kappa shape index (κ1) is 24.0. The number of carbonyl (C=O) groups excluding carboxylic acids is 2. The van der Waals surface area contributed by atoms with Crippen molar-refractivity contribution in [2.24, 2.45) is 0 Å². The predicted molar refractivity (Wildman–Crippen MR) is 134 cm³/mol. The fourth-order valence-corrected chi connectivity index (χ4v) is 4.40. The van der Waals surface area contributed by atoms with Crippen LogP contribution in [-0.4, -0.2) is 36.2 Å². The number of unbranched alkanes of at least 4 members (excludes halogenated alkanes) is 1. The highest BCUT2D eigenvalue weighted by Gasteiger charge is 2.29. The molecule has 0 atom stereocenters. The molecule has 0 saturated carbocycles. The second-order valence-corrected chi connectivity index (χ2v) is 8.61. The molecule has 7 nitrogen and oxygen atoms in total. The van der Waals surface area contributed by atoms with E-state index in [1.165, 1.54) is 0 Å². The van der Waals surface area contributed by atoms with E-state index in [0.29, 0.717) is 30.6 Å². The van der Waals surface area contributed by atoms with Gasteiger partial charge in [0.05, 0.1) is 11.3 Å². The monoisotopic (exact) mass is 472 g/mol. The number of carboxylic acid groups (broad SMARTS) is 1. The van der Waals surface area contributed by atoms with Crippen LogP contribution in [0, 0.1) is 6.92 Å². The predicted octanol–water partition coefficient (Wildman–Crippen LogP) is 5.34. The summed E-state index contributed by atoms with van der Waals surface area (Å²) < 4.78 is 5.61. The lowest BCUT2D eigenvalue weighted by Crippen LogP contribution is -2.27. The third-order valence-electron chi connectivity index (χ3n) is 6.10. The summed E-state index contributed by atoms with van der Waals surface area (Å²) in [6, 6.07) is 21.4. The van der Waals surface area contributed by atoms with Crippen LogP contribution in [-0.2, 0) is 9.53 Å². The Bertz CT molecular complexity index is 1210. The van der Waals surface area contributed by atoms with Crippen molar-refractivity contribution in [3.05, 3.63) is 89.0 Å². The van der Waals surface area contributed by atoms with Gasteiger partial charge in [-0.15, -0.1) is 0 Å². The van der Waals surface area contributed by atoms with E-state index >= 15 is 0 Å². The standard InChI is InChI=1S/C28H28N2O5/c1-18-13-14-25(23(16-18)27(33)29-15-7-6-12-26(31)32)30-28(34)35-17-24-21-10-4-2-8-19(21)20-9-3-5-11-22(20)24/h2-5,8-11,13-14,16,24H,6-7,12,15,17H2,1H3,(H,29,33)(H,30,34)(H,31,32). The number of nitrogens with one attached hydrogen (secondary N) is 2. The number of carboxylic acids is 1. The molecule has 1 aliphatic rings. The van der Waals surface area contributed by atoms with Crippen LogP contribution in [0.15, 0.2) is 66.7 Å². The highest BCUT2D eigenvalue weighted by atomic mass is 16.5. The van der Waals surface area contributed by atoms with Crippen molar-refractivity contribution in [2.45, 2.75) is 32.1 Å². The van der Waals surface area contributed by atoms with Crippen LogP contribution in [0.2, 0.25) is 0 Å². The van der Waals surface area contributed by atoms with E-state index < -0.39 is 12.1 Å². The van der Waals surface area contributed by atoms with Crippen molar-refractivity contribution in [3.8, 4) is 11.1 Å². The van der Waals surface area contributed by atoms with E-state index in [4.69, 9.17) is 9.84 Å². The van der Waals surface area contributed by atoms with Crippen molar-refractivity contribution in [2.75, 3.05) is 18.5 Å². The number of aliphatic carboxylic acids is 1. The Morgan fingerprint density at radius 3 is 2.23 bits per heavy atom. The van der Waals surface area contributed by atoms with E-state index in [1.807, 2.05) is 37.3 Å². The molecule has 0 saturated heterocycles. The Morgan fingerprint density at radius 2 is 1.57 bits per heavy atom. The molecule has 0 heterocycles. The van der Waals surface area contributed by atoms with Crippen LogP contribution in [0.4, 0.5) is 10.5 Å². The van der Waals surface area contributed by atoms with Gasteiger partial charge in [-0.2, -0.15) is 0 Å². The lowest BCUT2D eigenvalue weighted by molar-refractivity contribution is -0.137. The molecule has 3 aromatic rings.